The van der Waals surface area contributed by atoms with Crippen molar-refractivity contribution in [3.05, 3.63) is 85.1 Å². The van der Waals surface area contributed by atoms with Crippen LogP contribution in [0.25, 0.3) is 0 Å². The fourth-order valence-corrected chi connectivity index (χ4v) is 9.44. The van der Waals surface area contributed by atoms with Crippen LogP contribution in [0, 0.1) is 0 Å². The molecule has 1 rings (SSSR count). The number of carboxylic acid groups (broad SMARTS) is 1. The number of allylic oxidation sites excluding steroid dienone is 14. The molecule has 0 amide bonds. The minimum atomic E-state index is -1.92. The van der Waals surface area contributed by atoms with Crippen LogP contribution in [0.15, 0.2) is 85.1 Å². The van der Waals surface area contributed by atoms with Crippen LogP contribution in [0.4, 0.5) is 0 Å². The van der Waals surface area contributed by atoms with Crippen molar-refractivity contribution < 1.29 is 58.2 Å². The topological polar surface area (TPSA) is 175 Å². The Balaban J connectivity index is 2.69. The predicted molar refractivity (Wildman–Crippen MR) is 331 cm³/mol. The number of carboxylic acids is 1. The first-order chi connectivity index (χ1) is 39.6. The normalized spacial score (nSPS) is 18.3. The van der Waals surface area contributed by atoms with Crippen molar-refractivity contribution in [2.45, 2.75) is 314 Å². The Morgan fingerprint density at radius 1 is 0.420 bits per heavy atom. The van der Waals surface area contributed by atoms with Crippen LogP contribution in [0.3, 0.4) is 0 Å². The number of rotatable bonds is 55. The number of hydrogen-bond donors (Lipinski definition) is 3. The molecule has 1 aliphatic rings. The molecule has 0 bridgehead atoms. The summed E-state index contributed by atoms with van der Waals surface area (Å²) in [5, 5.41) is 31.6. The summed E-state index contributed by atoms with van der Waals surface area (Å²) in [6, 6.07) is 0. The molecular formula is C69H116O12. The lowest BCUT2D eigenvalue weighted by Crippen LogP contribution is -2.61. The Morgan fingerprint density at radius 3 is 1.22 bits per heavy atom. The minimum absolute atomic E-state index is 0.0289. The predicted octanol–water partition coefficient (Wildman–Crippen LogP) is 17.5. The van der Waals surface area contributed by atoms with E-state index >= 15 is 0 Å². The van der Waals surface area contributed by atoms with Gasteiger partial charge in [-0.25, -0.2) is 4.79 Å². The summed E-state index contributed by atoms with van der Waals surface area (Å²) >= 11 is 0. The van der Waals surface area contributed by atoms with Crippen LogP contribution in [0.5, 0.6) is 0 Å². The monoisotopic (exact) mass is 1140 g/mol. The lowest BCUT2D eigenvalue weighted by molar-refractivity contribution is -0.301. The van der Waals surface area contributed by atoms with Crippen LogP contribution in [0.1, 0.15) is 278 Å². The van der Waals surface area contributed by atoms with Gasteiger partial charge in [0.15, 0.2) is 24.6 Å². The highest BCUT2D eigenvalue weighted by Crippen LogP contribution is 2.26. The van der Waals surface area contributed by atoms with Crippen LogP contribution in [-0.4, -0.2) is 89.2 Å². The number of aliphatic carboxylic acids is 1. The summed E-state index contributed by atoms with van der Waals surface area (Å²) in [5.74, 6) is -3.16. The van der Waals surface area contributed by atoms with Gasteiger partial charge >= 0.3 is 23.9 Å². The lowest BCUT2D eigenvalue weighted by Gasteiger charge is -2.40. The van der Waals surface area contributed by atoms with Crippen molar-refractivity contribution in [2.24, 2.45) is 0 Å². The molecule has 0 saturated carbocycles. The van der Waals surface area contributed by atoms with Gasteiger partial charge in [0, 0.05) is 19.3 Å². The van der Waals surface area contributed by atoms with Crippen molar-refractivity contribution >= 4 is 23.9 Å². The van der Waals surface area contributed by atoms with Gasteiger partial charge in [0.05, 0.1) is 6.61 Å². The van der Waals surface area contributed by atoms with E-state index in [4.69, 9.17) is 23.7 Å². The average molecular weight is 1140 g/mol. The molecule has 0 aromatic carbocycles. The Kier molecular flexibility index (Phi) is 52.1. The molecule has 81 heavy (non-hydrogen) atoms. The fourth-order valence-electron chi connectivity index (χ4n) is 9.44. The number of hydrogen-bond acceptors (Lipinski definition) is 11. The van der Waals surface area contributed by atoms with E-state index in [2.05, 4.69) is 106 Å². The van der Waals surface area contributed by atoms with E-state index in [1.807, 2.05) is 0 Å². The molecule has 3 N–H and O–H groups in total. The summed E-state index contributed by atoms with van der Waals surface area (Å²) in [5.41, 5.74) is 0. The molecule has 12 heteroatoms. The average Bonchev–Trinajstić information content (AvgIpc) is 3.53. The van der Waals surface area contributed by atoms with Crippen molar-refractivity contribution in [1.29, 1.82) is 0 Å². The molecule has 0 aromatic heterocycles. The summed E-state index contributed by atoms with van der Waals surface area (Å²) in [6.45, 7) is 5.86. The van der Waals surface area contributed by atoms with Gasteiger partial charge in [0.25, 0.3) is 0 Å². The first-order valence-electron chi connectivity index (χ1n) is 32.6. The molecule has 1 aliphatic heterocycles. The highest BCUT2D eigenvalue weighted by Gasteiger charge is 2.50. The maximum absolute atomic E-state index is 13.2. The van der Waals surface area contributed by atoms with E-state index in [1.54, 1.807) is 0 Å². The molecular weight excluding hydrogens is 1020 g/mol. The third-order valence-electron chi connectivity index (χ3n) is 14.4. The Labute approximate surface area is 492 Å². The molecule has 0 radical (unpaired) electrons. The molecule has 0 spiro atoms. The van der Waals surface area contributed by atoms with Crippen LogP contribution >= 0.6 is 0 Å². The second-order valence-corrected chi connectivity index (χ2v) is 22.0. The smallest absolute Gasteiger partial charge is 0.335 e. The molecule has 464 valence electrons. The highest BCUT2D eigenvalue weighted by atomic mass is 16.7. The lowest BCUT2D eigenvalue weighted by atomic mass is 9.98. The van der Waals surface area contributed by atoms with Gasteiger partial charge in [-0.05, 0) is 116 Å². The Hall–Kier alpha value is -4.10. The summed E-state index contributed by atoms with van der Waals surface area (Å²) in [4.78, 5) is 51.3. The Bertz CT molecular complexity index is 1730. The number of carbonyl (C=O) groups is 4. The number of aliphatic hydroxyl groups excluding tert-OH is 2. The van der Waals surface area contributed by atoms with Crippen molar-refractivity contribution in [3.8, 4) is 0 Å². The van der Waals surface area contributed by atoms with Gasteiger partial charge in [-0.3, -0.25) is 14.4 Å². The quantitative estimate of drug-likeness (QED) is 0.0228. The van der Waals surface area contributed by atoms with Crippen LogP contribution in [0.2, 0.25) is 0 Å². The van der Waals surface area contributed by atoms with Crippen molar-refractivity contribution in [2.75, 3.05) is 13.2 Å². The maximum atomic E-state index is 13.2. The second-order valence-electron chi connectivity index (χ2n) is 22.0. The zero-order chi connectivity index (χ0) is 58.9. The van der Waals surface area contributed by atoms with E-state index < -0.39 is 67.3 Å². The van der Waals surface area contributed by atoms with E-state index in [0.29, 0.717) is 19.3 Å². The molecule has 6 atom stereocenters. The first-order valence-corrected chi connectivity index (χ1v) is 32.6. The van der Waals surface area contributed by atoms with E-state index in [0.717, 1.165) is 122 Å². The van der Waals surface area contributed by atoms with E-state index in [9.17, 15) is 34.5 Å². The fraction of sp³-hybridized carbons (Fsp3) is 0.739. The molecule has 6 unspecified atom stereocenters. The number of aliphatic hydroxyl groups is 2. The van der Waals surface area contributed by atoms with Gasteiger partial charge in [-0.1, -0.05) is 228 Å². The third-order valence-corrected chi connectivity index (χ3v) is 14.4. The van der Waals surface area contributed by atoms with Crippen LogP contribution in [-0.2, 0) is 42.9 Å². The number of unbranched alkanes of at least 4 members (excludes halogenated alkanes) is 27. The number of ether oxygens (including phenoxy) is 5. The second kappa shape index (κ2) is 56.4. The third kappa shape index (κ3) is 46.0. The van der Waals surface area contributed by atoms with Gasteiger partial charge < -0.3 is 39.0 Å². The van der Waals surface area contributed by atoms with Gasteiger partial charge in [0.2, 0.25) is 0 Å². The molecule has 1 saturated heterocycles. The highest BCUT2D eigenvalue weighted by molar-refractivity contribution is 5.74. The van der Waals surface area contributed by atoms with Gasteiger partial charge in [0.1, 0.15) is 18.8 Å². The zero-order valence-corrected chi connectivity index (χ0v) is 51.3. The molecule has 12 nitrogen and oxygen atoms in total. The van der Waals surface area contributed by atoms with E-state index in [-0.39, 0.29) is 25.9 Å². The number of esters is 3. The Morgan fingerprint density at radius 2 is 0.778 bits per heavy atom. The molecule has 1 heterocycles. The SMILES string of the molecule is CC/C=C\C/C=C\C/C=C\C/C=C\CCCCCCC(=O)OC1C(OCC(COC(=O)CCCCCCCCC/C=C\C/C=C\CCCCC)OC(=O)CCCCCCCCC/C=C\CCCCCCCC)OC(C(=O)O)C(O)C1O. The van der Waals surface area contributed by atoms with Crippen LogP contribution < -0.4 is 0 Å². The van der Waals surface area contributed by atoms with Crippen molar-refractivity contribution in [1.82, 2.24) is 0 Å². The van der Waals surface area contributed by atoms with Gasteiger partial charge in [-0.15, -0.1) is 0 Å². The summed E-state index contributed by atoms with van der Waals surface area (Å²) in [6.07, 6.45) is 61.0. The molecule has 1 fully saturated rings. The minimum Gasteiger partial charge on any atom is -0.479 e. The summed E-state index contributed by atoms with van der Waals surface area (Å²) in [7, 11) is 0. The maximum Gasteiger partial charge on any atom is 0.335 e. The largest absolute Gasteiger partial charge is 0.479 e. The van der Waals surface area contributed by atoms with E-state index in [1.165, 1.54) is 96.3 Å². The van der Waals surface area contributed by atoms with Crippen molar-refractivity contribution in [3.63, 3.8) is 0 Å². The zero-order valence-electron chi connectivity index (χ0n) is 51.3. The first kappa shape index (κ1) is 74.9. The molecule has 0 aliphatic carbocycles. The molecule has 0 aromatic rings. The number of carbonyl (C=O) groups excluding carboxylic acids is 3. The summed E-state index contributed by atoms with van der Waals surface area (Å²) < 4.78 is 28.5. The standard InChI is InChI=1S/C69H116O12/c1-4-7-10-13-16-19-22-25-28-31-34-37-40-43-46-49-52-55-61(70)77-58-60(79-62(71)56-53-50-47-44-41-38-35-32-29-26-23-20-17-14-11-8-5-2)59-78-69-67(65(74)64(73)66(81-69)68(75)76)80-63(72)57-54-51-48-45-42-39-36-33-30-27-24-21-18-15-12-9-6-3/h9,12,16,18-19,21,25-30,36,39,60,64-67,69,73-74H,4-8,10-11,13-15,17,20,22-24,31-35,37-38,40-59H2,1-3H3,(H,75,76)/b12-9-,19-16-,21-18-,28-25-,29-26-,30-27-,39-36-. The van der Waals surface area contributed by atoms with Gasteiger partial charge in [-0.2, -0.15) is 0 Å².